The average molecular weight is 432 g/mol. The first-order valence-electron chi connectivity index (χ1n) is 8.86. The van der Waals surface area contributed by atoms with Gasteiger partial charge in [-0.3, -0.25) is 9.48 Å². The van der Waals surface area contributed by atoms with Gasteiger partial charge < -0.3 is 16.0 Å². The summed E-state index contributed by atoms with van der Waals surface area (Å²) in [7, 11) is 0. The summed E-state index contributed by atoms with van der Waals surface area (Å²) in [4.78, 5) is 24.1. The van der Waals surface area contributed by atoms with E-state index in [0.29, 0.717) is 27.8 Å². The molecule has 0 aliphatic heterocycles. The predicted molar refractivity (Wildman–Crippen MR) is 114 cm³/mol. The third-order valence-electron chi connectivity index (χ3n) is 3.97. The standard InChI is InChI=1S/C20H19Cl2N5O2/c21-17-6-5-15(12-18(17)22)19(28)23-8-9-24-20(29)26-16-4-1-3-14(11-16)13-27-10-2-7-25-27/h1-7,10-12H,8-9,13H2,(H,23,28)(H2,24,26,29). The Kier molecular flexibility index (Phi) is 7.10. The minimum Gasteiger partial charge on any atom is -0.350 e. The van der Waals surface area contributed by atoms with Crippen LogP contribution < -0.4 is 16.0 Å². The van der Waals surface area contributed by atoms with Crippen molar-refractivity contribution in [3.05, 3.63) is 82.1 Å². The molecule has 3 N–H and O–H groups in total. The highest BCUT2D eigenvalue weighted by molar-refractivity contribution is 6.42. The van der Waals surface area contributed by atoms with E-state index in [1.54, 1.807) is 29.1 Å². The third kappa shape index (κ3) is 6.23. The number of halogens is 2. The zero-order valence-corrected chi connectivity index (χ0v) is 16.9. The first kappa shape index (κ1) is 20.7. The van der Waals surface area contributed by atoms with Gasteiger partial charge in [0, 0.05) is 36.7 Å². The summed E-state index contributed by atoms with van der Waals surface area (Å²) in [5.41, 5.74) is 2.09. The van der Waals surface area contributed by atoms with Crippen molar-refractivity contribution in [2.45, 2.75) is 6.54 Å². The van der Waals surface area contributed by atoms with Crippen LogP contribution in [0, 0.1) is 0 Å². The van der Waals surface area contributed by atoms with Gasteiger partial charge in [0.25, 0.3) is 5.91 Å². The lowest BCUT2D eigenvalue weighted by Gasteiger charge is -2.10. The Bertz CT molecular complexity index is 992. The summed E-state index contributed by atoms with van der Waals surface area (Å²) >= 11 is 11.7. The molecule has 3 rings (SSSR count). The Morgan fingerprint density at radius 2 is 1.79 bits per heavy atom. The van der Waals surface area contributed by atoms with Gasteiger partial charge in [-0.2, -0.15) is 5.10 Å². The van der Waals surface area contributed by atoms with Crippen molar-refractivity contribution in [2.24, 2.45) is 0 Å². The highest BCUT2D eigenvalue weighted by Gasteiger charge is 2.08. The molecule has 7 nitrogen and oxygen atoms in total. The van der Waals surface area contributed by atoms with Crippen LogP contribution in [0.25, 0.3) is 0 Å². The highest BCUT2D eigenvalue weighted by Crippen LogP contribution is 2.22. The lowest BCUT2D eigenvalue weighted by atomic mass is 10.2. The number of amides is 3. The number of carbonyl (C=O) groups is 2. The van der Waals surface area contributed by atoms with Crippen LogP contribution in [0.4, 0.5) is 10.5 Å². The maximum Gasteiger partial charge on any atom is 0.319 e. The zero-order chi connectivity index (χ0) is 20.6. The molecule has 0 spiro atoms. The van der Waals surface area contributed by atoms with Gasteiger partial charge in [-0.1, -0.05) is 35.3 Å². The number of urea groups is 1. The third-order valence-corrected chi connectivity index (χ3v) is 4.71. The lowest BCUT2D eigenvalue weighted by Crippen LogP contribution is -2.36. The molecule has 29 heavy (non-hydrogen) atoms. The first-order valence-corrected chi connectivity index (χ1v) is 9.61. The van der Waals surface area contributed by atoms with Crippen LogP contribution in [0.15, 0.2) is 60.9 Å². The Labute approximate surface area is 178 Å². The number of hydrogen-bond donors (Lipinski definition) is 3. The SMILES string of the molecule is O=C(NCCNC(=O)c1ccc(Cl)c(Cl)c1)Nc1cccc(Cn2cccn2)c1. The number of nitrogens with zero attached hydrogens (tertiary/aromatic N) is 2. The second-order valence-corrected chi connectivity index (χ2v) is 6.98. The number of benzene rings is 2. The van der Waals surface area contributed by atoms with E-state index in [1.165, 1.54) is 6.07 Å². The topological polar surface area (TPSA) is 88.0 Å². The fourth-order valence-corrected chi connectivity index (χ4v) is 2.89. The van der Waals surface area contributed by atoms with E-state index in [0.717, 1.165) is 5.56 Å². The van der Waals surface area contributed by atoms with Crippen LogP contribution in [0.1, 0.15) is 15.9 Å². The largest absolute Gasteiger partial charge is 0.350 e. The van der Waals surface area contributed by atoms with E-state index in [-0.39, 0.29) is 25.0 Å². The minimum atomic E-state index is -0.356. The van der Waals surface area contributed by atoms with Crippen molar-refractivity contribution in [3.63, 3.8) is 0 Å². The predicted octanol–water partition coefficient (Wildman–Crippen LogP) is 3.79. The molecule has 1 aromatic heterocycles. The van der Waals surface area contributed by atoms with E-state index in [9.17, 15) is 9.59 Å². The summed E-state index contributed by atoms with van der Waals surface area (Å²) in [6.45, 7) is 1.16. The molecule has 0 radical (unpaired) electrons. The van der Waals surface area contributed by atoms with E-state index in [4.69, 9.17) is 23.2 Å². The molecule has 3 amide bonds. The zero-order valence-electron chi connectivity index (χ0n) is 15.4. The van der Waals surface area contributed by atoms with Gasteiger partial charge in [0.1, 0.15) is 0 Å². The molecule has 1 heterocycles. The van der Waals surface area contributed by atoms with Crippen LogP contribution >= 0.6 is 23.2 Å². The summed E-state index contributed by atoms with van der Waals surface area (Å²) in [6.07, 6.45) is 3.59. The Hall–Kier alpha value is -3.03. The van der Waals surface area contributed by atoms with Gasteiger partial charge in [0.2, 0.25) is 0 Å². The van der Waals surface area contributed by atoms with Gasteiger partial charge >= 0.3 is 6.03 Å². The van der Waals surface area contributed by atoms with E-state index in [2.05, 4.69) is 21.0 Å². The fourth-order valence-electron chi connectivity index (χ4n) is 2.60. The van der Waals surface area contributed by atoms with E-state index < -0.39 is 0 Å². The van der Waals surface area contributed by atoms with Crippen LogP contribution in [0.2, 0.25) is 10.0 Å². The van der Waals surface area contributed by atoms with Gasteiger partial charge in [0.15, 0.2) is 0 Å². The molecule has 0 saturated heterocycles. The van der Waals surface area contributed by atoms with Crippen molar-refractivity contribution < 1.29 is 9.59 Å². The molecule has 0 fully saturated rings. The fraction of sp³-hybridized carbons (Fsp3) is 0.150. The van der Waals surface area contributed by atoms with Crippen molar-refractivity contribution in [1.29, 1.82) is 0 Å². The first-order chi connectivity index (χ1) is 14.0. The smallest absolute Gasteiger partial charge is 0.319 e. The minimum absolute atomic E-state index is 0.270. The second-order valence-electron chi connectivity index (χ2n) is 6.17. The number of aromatic nitrogens is 2. The number of rotatable bonds is 7. The Balaban J connectivity index is 1.42. The normalized spacial score (nSPS) is 10.4. The molecule has 0 bridgehead atoms. The maximum atomic E-state index is 12.1. The van der Waals surface area contributed by atoms with Crippen molar-refractivity contribution in [2.75, 3.05) is 18.4 Å². The van der Waals surface area contributed by atoms with Gasteiger partial charge in [-0.05, 0) is 42.0 Å². The molecule has 150 valence electrons. The lowest BCUT2D eigenvalue weighted by molar-refractivity contribution is 0.0954. The molecule has 3 aromatic rings. The van der Waals surface area contributed by atoms with Gasteiger partial charge in [-0.25, -0.2) is 4.79 Å². The molecule has 0 unspecified atom stereocenters. The van der Waals surface area contributed by atoms with Crippen LogP contribution in [0.5, 0.6) is 0 Å². The van der Waals surface area contributed by atoms with Crippen LogP contribution in [-0.4, -0.2) is 34.8 Å². The molecule has 2 aromatic carbocycles. The molecule has 0 saturated carbocycles. The summed E-state index contributed by atoms with van der Waals surface area (Å²) < 4.78 is 1.80. The monoisotopic (exact) mass is 431 g/mol. The summed E-state index contributed by atoms with van der Waals surface area (Å²) in [5.74, 6) is -0.294. The van der Waals surface area contributed by atoms with Crippen LogP contribution in [-0.2, 0) is 6.54 Å². The average Bonchev–Trinajstić information content (AvgIpc) is 3.20. The highest BCUT2D eigenvalue weighted by atomic mass is 35.5. The molecule has 0 aliphatic carbocycles. The van der Waals surface area contributed by atoms with Crippen LogP contribution in [0.3, 0.4) is 0 Å². The second kappa shape index (κ2) is 9.95. The van der Waals surface area contributed by atoms with E-state index in [1.807, 2.05) is 30.5 Å². The Morgan fingerprint density at radius 3 is 2.55 bits per heavy atom. The van der Waals surface area contributed by atoms with Crippen molar-refractivity contribution in [3.8, 4) is 0 Å². The number of anilines is 1. The van der Waals surface area contributed by atoms with Gasteiger partial charge in [-0.15, -0.1) is 0 Å². The number of nitrogens with one attached hydrogen (secondary N) is 3. The maximum absolute atomic E-state index is 12.1. The Morgan fingerprint density at radius 1 is 0.966 bits per heavy atom. The van der Waals surface area contributed by atoms with Gasteiger partial charge in [0.05, 0.1) is 16.6 Å². The molecule has 9 heteroatoms. The number of carbonyl (C=O) groups excluding carboxylic acids is 2. The molecule has 0 atom stereocenters. The molecule has 0 aliphatic rings. The quantitative estimate of drug-likeness (QED) is 0.497. The van der Waals surface area contributed by atoms with E-state index >= 15 is 0 Å². The summed E-state index contributed by atoms with van der Waals surface area (Å²) in [5, 5.41) is 13.0. The molecular weight excluding hydrogens is 413 g/mol. The molecular formula is C20H19Cl2N5O2. The van der Waals surface area contributed by atoms with Crippen molar-refractivity contribution >= 4 is 40.8 Å². The van der Waals surface area contributed by atoms with Crippen molar-refractivity contribution in [1.82, 2.24) is 20.4 Å². The summed E-state index contributed by atoms with van der Waals surface area (Å²) in [6, 6.07) is 13.7. The number of hydrogen-bond acceptors (Lipinski definition) is 3.